The molecule has 1 aromatic heterocycles. The van der Waals surface area contributed by atoms with Gasteiger partial charge in [0.25, 0.3) is 5.91 Å². The lowest BCUT2D eigenvalue weighted by atomic mass is 9.98. The number of esters is 1. The number of carbonyl (C=O) groups is 2. The number of sulfonamides is 1. The summed E-state index contributed by atoms with van der Waals surface area (Å²) in [5.74, 6) is -1.11. The van der Waals surface area contributed by atoms with E-state index in [1.807, 2.05) is 24.3 Å². The number of benzene rings is 2. The van der Waals surface area contributed by atoms with Crippen molar-refractivity contribution >= 4 is 55.1 Å². The third-order valence-electron chi connectivity index (χ3n) is 5.64. The van der Waals surface area contributed by atoms with E-state index in [2.05, 4.69) is 4.99 Å². The molecule has 1 aliphatic rings. The first-order valence-electron chi connectivity index (χ1n) is 10.9. The average molecular weight is 522 g/mol. The molecule has 2 aromatic carbocycles. The number of aromatic nitrogens is 1. The van der Waals surface area contributed by atoms with E-state index in [0.717, 1.165) is 10.2 Å². The molecule has 0 saturated carbocycles. The maximum Gasteiger partial charge on any atom is 0.326 e. The number of piperidine rings is 1. The highest BCUT2D eigenvalue weighted by Crippen LogP contribution is 2.25. The van der Waals surface area contributed by atoms with E-state index < -0.39 is 21.9 Å². The standard InChI is InChI=1S/C23H24ClN3O5S2/c1-2-32-21(28)15-27-19-5-3-4-6-20(19)33-23(27)25-22(29)16-11-13-26(14-12-16)34(30,31)18-9-7-17(24)8-10-18/h3-10,16H,2,11-15H2,1H3. The molecule has 8 nitrogen and oxygen atoms in total. The summed E-state index contributed by atoms with van der Waals surface area (Å²) in [7, 11) is -3.65. The second-order valence-corrected chi connectivity index (χ2v) is 11.2. The van der Waals surface area contributed by atoms with Crippen LogP contribution in [0.4, 0.5) is 0 Å². The summed E-state index contributed by atoms with van der Waals surface area (Å²) in [5.41, 5.74) is 0.802. The molecule has 4 rings (SSSR count). The van der Waals surface area contributed by atoms with E-state index in [1.54, 1.807) is 23.6 Å². The van der Waals surface area contributed by atoms with E-state index in [4.69, 9.17) is 16.3 Å². The van der Waals surface area contributed by atoms with Crippen LogP contribution in [0.25, 0.3) is 10.2 Å². The highest BCUT2D eigenvalue weighted by molar-refractivity contribution is 7.89. The van der Waals surface area contributed by atoms with Crippen molar-refractivity contribution in [2.45, 2.75) is 31.2 Å². The zero-order valence-electron chi connectivity index (χ0n) is 18.5. The lowest BCUT2D eigenvalue weighted by molar-refractivity contribution is -0.143. The molecule has 0 bridgehead atoms. The molecule has 34 heavy (non-hydrogen) atoms. The lowest BCUT2D eigenvalue weighted by Crippen LogP contribution is -2.40. The van der Waals surface area contributed by atoms with E-state index >= 15 is 0 Å². The van der Waals surface area contributed by atoms with Crippen molar-refractivity contribution < 1.29 is 22.7 Å². The number of carbonyl (C=O) groups excluding carboxylic acids is 2. The zero-order chi connectivity index (χ0) is 24.3. The predicted octanol–water partition coefficient (Wildman–Crippen LogP) is 3.45. The number of hydrogen-bond donors (Lipinski definition) is 0. The Balaban J connectivity index is 1.52. The molecule has 0 N–H and O–H groups in total. The van der Waals surface area contributed by atoms with Gasteiger partial charge in [-0.2, -0.15) is 9.30 Å². The number of thiazole rings is 1. The minimum atomic E-state index is -3.65. The van der Waals surface area contributed by atoms with Crippen LogP contribution in [-0.2, 0) is 30.9 Å². The number of fused-ring (bicyclic) bond motifs is 1. The molecule has 1 saturated heterocycles. The number of para-hydroxylation sites is 1. The van der Waals surface area contributed by atoms with Crippen LogP contribution >= 0.6 is 22.9 Å². The van der Waals surface area contributed by atoms with Crippen molar-refractivity contribution in [1.29, 1.82) is 0 Å². The van der Waals surface area contributed by atoms with E-state index in [9.17, 15) is 18.0 Å². The second kappa shape index (κ2) is 10.4. The van der Waals surface area contributed by atoms with Crippen LogP contribution in [0.2, 0.25) is 5.02 Å². The fourth-order valence-corrected chi connectivity index (χ4v) is 6.51. The van der Waals surface area contributed by atoms with Gasteiger partial charge in [0, 0.05) is 24.0 Å². The van der Waals surface area contributed by atoms with Gasteiger partial charge < -0.3 is 9.30 Å². The van der Waals surface area contributed by atoms with Gasteiger partial charge in [0.1, 0.15) is 6.54 Å². The number of ether oxygens (including phenoxy) is 1. The molecule has 0 aliphatic carbocycles. The number of halogens is 1. The van der Waals surface area contributed by atoms with Gasteiger partial charge in [0.2, 0.25) is 10.0 Å². The molecule has 0 atom stereocenters. The Kier molecular flexibility index (Phi) is 7.51. The Bertz CT molecular complexity index is 1370. The quantitative estimate of drug-likeness (QED) is 0.463. The first-order valence-corrected chi connectivity index (χ1v) is 13.5. The summed E-state index contributed by atoms with van der Waals surface area (Å²) < 4.78 is 34.9. The Morgan fingerprint density at radius 1 is 1.12 bits per heavy atom. The third kappa shape index (κ3) is 5.25. The summed E-state index contributed by atoms with van der Waals surface area (Å²) in [6.07, 6.45) is 0.746. The van der Waals surface area contributed by atoms with Crippen molar-refractivity contribution in [3.05, 3.63) is 58.4 Å². The summed E-state index contributed by atoms with van der Waals surface area (Å²) in [4.78, 5) is 30.1. The van der Waals surface area contributed by atoms with Crippen LogP contribution in [0.1, 0.15) is 19.8 Å². The molecule has 1 aliphatic heterocycles. The van der Waals surface area contributed by atoms with Crippen molar-refractivity contribution in [2.75, 3.05) is 19.7 Å². The molecular formula is C23H24ClN3O5S2. The van der Waals surface area contributed by atoms with Gasteiger partial charge in [-0.15, -0.1) is 0 Å². The molecular weight excluding hydrogens is 498 g/mol. The van der Waals surface area contributed by atoms with Crippen molar-refractivity contribution in [3.8, 4) is 0 Å². The van der Waals surface area contributed by atoms with E-state index in [1.165, 1.54) is 27.8 Å². The topological polar surface area (TPSA) is 98.0 Å². The van der Waals surface area contributed by atoms with Crippen LogP contribution in [-0.4, -0.2) is 48.9 Å². The molecule has 2 heterocycles. The summed E-state index contributed by atoms with van der Waals surface area (Å²) >= 11 is 7.20. The normalized spacial score (nSPS) is 16.1. The van der Waals surface area contributed by atoms with Crippen LogP contribution in [0.15, 0.2) is 58.4 Å². The van der Waals surface area contributed by atoms with Gasteiger partial charge in [-0.05, 0) is 56.2 Å². The van der Waals surface area contributed by atoms with Gasteiger partial charge in [-0.1, -0.05) is 35.1 Å². The number of nitrogens with zero attached hydrogens (tertiary/aromatic N) is 3. The summed E-state index contributed by atoms with van der Waals surface area (Å²) in [6.45, 7) is 2.42. The van der Waals surface area contributed by atoms with Crippen molar-refractivity contribution in [3.63, 3.8) is 0 Å². The van der Waals surface area contributed by atoms with E-state index in [-0.39, 0.29) is 37.0 Å². The fourth-order valence-electron chi connectivity index (χ4n) is 3.88. The molecule has 1 amide bonds. The molecule has 180 valence electrons. The number of rotatable bonds is 6. The minimum absolute atomic E-state index is 0.0399. The minimum Gasteiger partial charge on any atom is -0.465 e. The van der Waals surface area contributed by atoms with Crippen molar-refractivity contribution in [2.24, 2.45) is 10.9 Å². The first-order chi connectivity index (χ1) is 16.3. The highest BCUT2D eigenvalue weighted by atomic mass is 35.5. The molecule has 0 unspecified atom stereocenters. The smallest absolute Gasteiger partial charge is 0.326 e. The molecule has 0 spiro atoms. The van der Waals surface area contributed by atoms with Gasteiger partial charge in [-0.3, -0.25) is 9.59 Å². The first kappa shape index (κ1) is 24.6. The summed E-state index contributed by atoms with van der Waals surface area (Å²) in [6, 6.07) is 13.6. The fraction of sp³-hybridized carbons (Fsp3) is 0.348. The highest BCUT2D eigenvalue weighted by Gasteiger charge is 2.32. The van der Waals surface area contributed by atoms with Crippen LogP contribution in [0.3, 0.4) is 0 Å². The molecule has 3 aromatic rings. The van der Waals surface area contributed by atoms with Crippen LogP contribution in [0.5, 0.6) is 0 Å². The summed E-state index contributed by atoms with van der Waals surface area (Å²) in [5, 5.41) is 0.464. The predicted molar refractivity (Wildman–Crippen MR) is 130 cm³/mol. The number of hydrogen-bond acceptors (Lipinski definition) is 6. The number of amides is 1. The van der Waals surface area contributed by atoms with Crippen LogP contribution < -0.4 is 4.80 Å². The van der Waals surface area contributed by atoms with Gasteiger partial charge in [0.15, 0.2) is 4.80 Å². The average Bonchev–Trinajstić information content (AvgIpc) is 3.16. The monoisotopic (exact) mass is 521 g/mol. The largest absolute Gasteiger partial charge is 0.465 e. The zero-order valence-corrected chi connectivity index (χ0v) is 20.9. The SMILES string of the molecule is CCOC(=O)Cn1c(=NC(=O)C2CCN(S(=O)(=O)c3ccc(Cl)cc3)CC2)sc2ccccc21. The maximum atomic E-state index is 13.0. The molecule has 11 heteroatoms. The third-order valence-corrected chi connectivity index (χ3v) is 8.87. The van der Waals surface area contributed by atoms with Gasteiger partial charge in [-0.25, -0.2) is 8.42 Å². The van der Waals surface area contributed by atoms with E-state index in [0.29, 0.717) is 22.7 Å². The molecule has 0 radical (unpaired) electrons. The Morgan fingerprint density at radius 3 is 2.47 bits per heavy atom. The van der Waals surface area contributed by atoms with Gasteiger partial charge >= 0.3 is 5.97 Å². The Labute approximate surface area is 206 Å². The van der Waals surface area contributed by atoms with Crippen molar-refractivity contribution in [1.82, 2.24) is 8.87 Å². The van der Waals surface area contributed by atoms with Gasteiger partial charge in [0.05, 0.1) is 21.7 Å². The van der Waals surface area contributed by atoms with Crippen LogP contribution in [0, 0.1) is 5.92 Å². The second-order valence-electron chi connectivity index (χ2n) is 7.83. The Hall–Kier alpha value is -2.53. The maximum absolute atomic E-state index is 13.0. The lowest BCUT2D eigenvalue weighted by Gasteiger charge is -2.29. The Morgan fingerprint density at radius 2 is 1.79 bits per heavy atom. The molecule has 1 fully saturated rings.